The molecule has 3 aromatic rings. The van der Waals surface area contributed by atoms with Crippen molar-refractivity contribution in [3.63, 3.8) is 0 Å². The molecule has 0 atom stereocenters. The molecule has 1 aromatic heterocycles. The first-order chi connectivity index (χ1) is 12.6. The molecule has 0 saturated carbocycles. The molecule has 1 N–H and O–H groups in total. The summed E-state index contributed by atoms with van der Waals surface area (Å²) in [5, 5.41) is 3.46. The van der Waals surface area contributed by atoms with Crippen molar-refractivity contribution in [2.24, 2.45) is 0 Å². The fraction of sp³-hybridized carbons (Fsp3) is 0.238. The van der Waals surface area contributed by atoms with Gasteiger partial charge in [-0.15, -0.1) is 11.8 Å². The van der Waals surface area contributed by atoms with E-state index in [-0.39, 0.29) is 5.91 Å². The molecular formula is C21H23N3OS. The number of nitrogens with one attached hydrogen (secondary N) is 1. The zero-order valence-corrected chi connectivity index (χ0v) is 15.9. The highest BCUT2D eigenvalue weighted by molar-refractivity contribution is 8.00. The minimum atomic E-state index is -0.0313. The Labute approximate surface area is 158 Å². The number of benzene rings is 2. The SMILES string of the molecule is CC(C)Sc1ccccc1C(=O)NCc1ccc(Cn2ccnc2)cc1. The van der Waals surface area contributed by atoms with Gasteiger partial charge in [-0.2, -0.15) is 0 Å². The molecule has 0 saturated heterocycles. The van der Waals surface area contributed by atoms with Crippen molar-refractivity contribution in [1.82, 2.24) is 14.9 Å². The van der Waals surface area contributed by atoms with Crippen LogP contribution in [-0.2, 0) is 13.1 Å². The van der Waals surface area contributed by atoms with Crippen LogP contribution in [0.15, 0.2) is 72.1 Å². The highest BCUT2D eigenvalue weighted by Gasteiger charge is 2.12. The topological polar surface area (TPSA) is 46.9 Å². The fourth-order valence-corrected chi connectivity index (χ4v) is 3.59. The summed E-state index contributed by atoms with van der Waals surface area (Å²) in [5.74, 6) is -0.0313. The van der Waals surface area contributed by atoms with Crippen LogP contribution in [0.1, 0.15) is 35.3 Å². The number of hydrogen-bond donors (Lipinski definition) is 1. The lowest BCUT2D eigenvalue weighted by Crippen LogP contribution is -2.23. The van der Waals surface area contributed by atoms with Crippen molar-refractivity contribution in [3.05, 3.63) is 83.9 Å². The van der Waals surface area contributed by atoms with Gasteiger partial charge in [-0.25, -0.2) is 4.98 Å². The second-order valence-corrected chi connectivity index (χ2v) is 8.02. The van der Waals surface area contributed by atoms with E-state index in [4.69, 9.17) is 0 Å². The van der Waals surface area contributed by atoms with Crippen molar-refractivity contribution >= 4 is 17.7 Å². The van der Waals surface area contributed by atoms with E-state index in [0.717, 1.165) is 22.6 Å². The lowest BCUT2D eigenvalue weighted by molar-refractivity contribution is 0.0948. The van der Waals surface area contributed by atoms with Crippen LogP contribution in [0.25, 0.3) is 0 Å². The molecule has 134 valence electrons. The maximum atomic E-state index is 12.6. The van der Waals surface area contributed by atoms with Crippen molar-refractivity contribution in [3.8, 4) is 0 Å². The molecule has 0 spiro atoms. The molecule has 0 aliphatic heterocycles. The molecule has 0 radical (unpaired) electrons. The van der Waals surface area contributed by atoms with Gasteiger partial charge in [-0.1, -0.05) is 50.2 Å². The maximum absolute atomic E-state index is 12.6. The normalized spacial score (nSPS) is 10.9. The molecule has 0 bridgehead atoms. The Bertz CT molecular complexity index is 842. The number of nitrogens with zero attached hydrogens (tertiary/aromatic N) is 2. The molecule has 1 heterocycles. The molecule has 0 aliphatic rings. The first kappa shape index (κ1) is 18.3. The Morgan fingerprint density at radius 2 is 1.85 bits per heavy atom. The van der Waals surface area contributed by atoms with E-state index in [9.17, 15) is 4.79 Å². The molecule has 5 heteroatoms. The van der Waals surface area contributed by atoms with Gasteiger partial charge < -0.3 is 9.88 Å². The van der Waals surface area contributed by atoms with Crippen molar-refractivity contribution in [2.45, 2.75) is 37.1 Å². The summed E-state index contributed by atoms with van der Waals surface area (Å²) in [4.78, 5) is 17.6. The summed E-state index contributed by atoms with van der Waals surface area (Å²) in [6.45, 7) is 5.58. The van der Waals surface area contributed by atoms with E-state index in [1.54, 1.807) is 24.3 Å². The second-order valence-electron chi connectivity index (χ2n) is 6.40. The van der Waals surface area contributed by atoms with Crippen LogP contribution in [0.3, 0.4) is 0 Å². The summed E-state index contributed by atoms with van der Waals surface area (Å²) in [6, 6.07) is 16.1. The van der Waals surface area contributed by atoms with Gasteiger partial charge in [0.2, 0.25) is 0 Å². The van der Waals surface area contributed by atoms with Crippen LogP contribution >= 0.6 is 11.8 Å². The number of hydrogen-bond acceptors (Lipinski definition) is 3. The highest BCUT2D eigenvalue weighted by atomic mass is 32.2. The van der Waals surface area contributed by atoms with Gasteiger partial charge >= 0.3 is 0 Å². The predicted octanol–water partition coefficient (Wildman–Crippen LogP) is 4.36. The predicted molar refractivity (Wildman–Crippen MR) is 106 cm³/mol. The number of aromatic nitrogens is 2. The standard InChI is InChI=1S/C21H23N3OS/c1-16(2)26-20-6-4-3-5-19(20)21(25)23-13-17-7-9-18(10-8-17)14-24-12-11-22-15-24/h3-12,15-16H,13-14H2,1-2H3,(H,23,25). The van der Waals surface area contributed by atoms with E-state index < -0.39 is 0 Å². The minimum Gasteiger partial charge on any atom is -0.348 e. The number of thioether (sulfide) groups is 1. The monoisotopic (exact) mass is 365 g/mol. The first-order valence-electron chi connectivity index (χ1n) is 8.69. The Hall–Kier alpha value is -2.53. The van der Waals surface area contributed by atoms with Crippen LogP contribution in [0.4, 0.5) is 0 Å². The molecule has 4 nitrogen and oxygen atoms in total. The largest absolute Gasteiger partial charge is 0.348 e. The summed E-state index contributed by atoms with van der Waals surface area (Å²) in [7, 11) is 0. The minimum absolute atomic E-state index is 0.0313. The molecule has 26 heavy (non-hydrogen) atoms. The van der Waals surface area contributed by atoms with Gasteiger partial charge in [-0.05, 0) is 23.3 Å². The molecule has 0 aliphatic carbocycles. The fourth-order valence-electron chi connectivity index (χ4n) is 2.64. The van der Waals surface area contributed by atoms with Crippen LogP contribution in [0.5, 0.6) is 0 Å². The molecule has 2 aromatic carbocycles. The maximum Gasteiger partial charge on any atom is 0.252 e. The van der Waals surface area contributed by atoms with E-state index in [2.05, 4.69) is 48.4 Å². The van der Waals surface area contributed by atoms with Gasteiger partial charge in [0.25, 0.3) is 5.91 Å². The molecule has 3 rings (SSSR count). The third-order valence-electron chi connectivity index (χ3n) is 3.89. The number of carbonyl (C=O) groups is 1. The van der Waals surface area contributed by atoms with Gasteiger partial charge in [0.1, 0.15) is 0 Å². The highest BCUT2D eigenvalue weighted by Crippen LogP contribution is 2.26. The summed E-state index contributed by atoms with van der Waals surface area (Å²) in [5.41, 5.74) is 3.03. The van der Waals surface area contributed by atoms with Gasteiger partial charge in [0, 0.05) is 35.6 Å². The van der Waals surface area contributed by atoms with E-state index in [1.807, 2.05) is 35.0 Å². The number of amides is 1. The van der Waals surface area contributed by atoms with Crippen LogP contribution in [0.2, 0.25) is 0 Å². The number of imidazole rings is 1. The Balaban J connectivity index is 1.59. The molecular weight excluding hydrogens is 342 g/mol. The second kappa shape index (κ2) is 8.72. The zero-order chi connectivity index (χ0) is 18.4. The quantitative estimate of drug-likeness (QED) is 0.633. The lowest BCUT2D eigenvalue weighted by Gasteiger charge is -2.12. The van der Waals surface area contributed by atoms with Crippen molar-refractivity contribution in [2.75, 3.05) is 0 Å². The molecule has 0 unspecified atom stereocenters. The average Bonchev–Trinajstić information content (AvgIpc) is 3.14. The van der Waals surface area contributed by atoms with E-state index in [1.165, 1.54) is 5.56 Å². The Morgan fingerprint density at radius 1 is 1.12 bits per heavy atom. The van der Waals surface area contributed by atoms with Crippen molar-refractivity contribution < 1.29 is 4.79 Å². The lowest BCUT2D eigenvalue weighted by atomic mass is 10.1. The average molecular weight is 366 g/mol. The van der Waals surface area contributed by atoms with Gasteiger partial charge in [0.15, 0.2) is 0 Å². The molecule has 0 fully saturated rings. The number of rotatable bonds is 7. The van der Waals surface area contributed by atoms with Gasteiger partial charge in [0.05, 0.1) is 11.9 Å². The van der Waals surface area contributed by atoms with Crippen molar-refractivity contribution in [1.29, 1.82) is 0 Å². The molecule has 1 amide bonds. The summed E-state index contributed by atoms with van der Waals surface area (Å²) in [6.07, 6.45) is 5.53. The van der Waals surface area contributed by atoms with E-state index in [0.29, 0.717) is 11.8 Å². The summed E-state index contributed by atoms with van der Waals surface area (Å²) >= 11 is 1.71. The van der Waals surface area contributed by atoms with Crippen LogP contribution in [0, 0.1) is 0 Å². The summed E-state index contributed by atoms with van der Waals surface area (Å²) < 4.78 is 2.03. The third kappa shape index (κ3) is 4.99. The third-order valence-corrected chi connectivity index (χ3v) is 4.98. The zero-order valence-electron chi connectivity index (χ0n) is 15.1. The van der Waals surface area contributed by atoms with E-state index >= 15 is 0 Å². The van der Waals surface area contributed by atoms with Gasteiger partial charge in [-0.3, -0.25) is 4.79 Å². The van der Waals surface area contributed by atoms with Crippen LogP contribution < -0.4 is 5.32 Å². The number of carbonyl (C=O) groups excluding carboxylic acids is 1. The van der Waals surface area contributed by atoms with Crippen LogP contribution in [-0.4, -0.2) is 20.7 Å². The Kier molecular flexibility index (Phi) is 6.12. The first-order valence-corrected chi connectivity index (χ1v) is 9.57. The Morgan fingerprint density at radius 3 is 2.54 bits per heavy atom. The smallest absolute Gasteiger partial charge is 0.252 e.